The lowest BCUT2D eigenvalue weighted by Gasteiger charge is -2.38. The van der Waals surface area contributed by atoms with Gasteiger partial charge >= 0.3 is 11.9 Å². The molecule has 1 unspecified atom stereocenters. The number of thiophene rings is 1. The van der Waals surface area contributed by atoms with E-state index >= 15 is 0 Å². The minimum atomic E-state index is -1.82. The van der Waals surface area contributed by atoms with Crippen LogP contribution in [0.2, 0.25) is 0 Å². The summed E-state index contributed by atoms with van der Waals surface area (Å²) >= 11 is 1.98. The third-order valence-corrected chi connectivity index (χ3v) is 6.36. The fourth-order valence-corrected chi connectivity index (χ4v) is 5.19. The van der Waals surface area contributed by atoms with Crippen molar-refractivity contribution in [3.05, 3.63) is 21.9 Å². The Kier molecular flexibility index (Phi) is 7.65. The van der Waals surface area contributed by atoms with Gasteiger partial charge in [-0.05, 0) is 86.4 Å². The molecule has 0 amide bonds. The van der Waals surface area contributed by atoms with Gasteiger partial charge in [-0.15, -0.1) is 11.3 Å². The molecular formula is C20H31NO4S. The highest BCUT2D eigenvalue weighted by Crippen LogP contribution is 2.37. The van der Waals surface area contributed by atoms with Crippen LogP contribution in [0.5, 0.6) is 0 Å². The number of hydrogen-bond donors (Lipinski definition) is 2. The molecule has 0 radical (unpaired) electrons. The number of fused-ring (bicyclic) bond motifs is 1. The van der Waals surface area contributed by atoms with Crippen molar-refractivity contribution >= 4 is 23.3 Å². The van der Waals surface area contributed by atoms with E-state index in [9.17, 15) is 0 Å². The summed E-state index contributed by atoms with van der Waals surface area (Å²) < 4.78 is 0. The number of aliphatic carboxylic acids is 2. The van der Waals surface area contributed by atoms with Gasteiger partial charge in [-0.2, -0.15) is 0 Å². The van der Waals surface area contributed by atoms with Gasteiger partial charge < -0.3 is 15.1 Å². The van der Waals surface area contributed by atoms with Crippen molar-refractivity contribution < 1.29 is 19.8 Å². The van der Waals surface area contributed by atoms with Crippen molar-refractivity contribution in [2.45, 2.75) is 64.7 Å². The first-order valence-electron chi connectivity index (χ1n) is 9.53. The Morgan fingerprint density at radius 1 is 1.27 bits per heavy atom. The van der Waals surface area contributed by atoms with E-state index in [0.717, 1.165) is 5.92 Å². The van der Waals surface area contributed by atoms with Crippen molar-refractivity contribution in [2.24, 2.45) is 5.41 Å². The van der Waals surface area contributed by atoms with Gasteiger partial charge in [0, 0.05) is 11.4 Å². The summed E-state index contributed by atoms with van der Waals surface area (Å²) in [7, 11) is 0. The Labute approximate surface area is 160 Å². The van der Waals surface area contributed by atoms with Crippen molar-refractivity contribution in [1.82, 2.24) is 4.90 Å². The maximum atomic E-state index is 9.10. The highest BCUT2D eigenvalue weighted by Gasteiger charge is 2.26. The van der Waals surface area contributed by atoms with Crippen LogP contribution in [0.1, 0.15) is 68.7 Å². The standard InChI is InChI=1S/C18H29NS.C2H2O4/c1-18(2)10-5-12-19(14-18)11-4-7-15-6-3-8-17-16(15)9-13-20-17;3-1(4)2(5)6/h9,13,15H,3-8,10-12,14H2,1-2H3;(H,3,4)(H,5,6). The summed E-state index contributed by atoms with van der Waals surface area (Å²) in [5, 5.41) is 17.1. The lowest BCUT2D eigenvalue weighted by molar-refractivity contribution is -0.159. The van der Waals surface area contributed by atoms with E-state index in [1.807, 2.05) is 11.3 Å². The predicted molar refractivity (Wildman–Crippen MR) is 104 cm³/mol. The molecule has 2 aliphatic rings. The van der Waals surface area contributed by atoms with Gasteiger partial charge in [-0.25, -0.2) is 9.59 Å². The zero-order valence-electron chi connectivity index (χ0n) is 15.9. The molecule has 0 spiro atoms. The quantitative estimate of drug-likeness (QED) is 0.763. The van der Waals surface area contributed by atoms with E-state index in [2.05, 4.69) is 30.2 Å². The minimum absolute atomic E-state index is 0.545. The van der Waals surface area contributed by atoms with Gasteiger partial charge in [-0.1, -0.05) is 13.8 Å². The first-order chi connectivity index (χ1) is 12.3. The van der Waals surface area contributed by atoms with E-state index in [1.165, 1.54) is 64.6 Å². The number of likely N-dealkylation sites (tertiary alicyclic amines) is 1. The largest absolute Gasteiger partial charge is 0.473 e. The third-order valence-electron chi connectivity index (χ3n) is 5.37. The molecule has 1 aliphatic carbocycles. The van der Waals surface area contributed by atoms with E-state index < -0.39 is 11.9 Å². The number of hydrogen-bond acceptors (Lipinski definition) is 4. The molecule has 1 fully saturated rings. The van der Waals surface area contributed by atoms with Crippen LogP contribution in [0.3, 0.4) is 0 Å². The molecule has 146 valence electrons. The lowest BCUT2D eigenvalue weighted by Crippen LogP contribution is -2.40. The molecule has 2 heterocycles. The summed E-state index contributed by atoms with van der Waals surface area (Å²) in [4.78, 5) is 22.6. The molecule has 1 aromatic rings. The Bertz CT molecular complexity index is 599. The summed E-state index contributed by atoms with van der Waals surface area (Å²) in [5.41, 5.74) is 2.24. The molecule has 0 bridgehead atoms. The van der Waals surface area contributed by atoms with Crippen LogP contribution in [0.4, 0.5) is 0 Å². The summed E-state index contributed by atoms with van der Waals surface area (Å²) in [6.45, 7) is 8.81. The van der Waals surface area contributed by atoms with Gasteiger partial charge in [0.05, 0.1) is 0 Å². The summed E-state index contributed by atoms with van der Waals surface area (Å²) in [6.07, 6.45) is 9.76. The van der Waals surface area contributed by atoms with Crippen LogP contribution in [0.25, 0.3) is 0 Å². The van der Waals surface area contributed by atoms with Crippen molar-refractivity contribution in [2.75, 3.05) is 19.6 Å². The number of carboxylic acid groups (broad SMARTS) is 2. The molecule has 0 aromatic carbocycles. The SMILES string of the molecule is CC1(C)CCCN(CCCC2CCCc3sccc32)C1.O=C(O)C(=O)O. The highest BCUT2D eigenvalue weighted by molar-refractivity contribution is 7.10. The number of nitrogens with zero attached hydrogens (tertiary/aromatic N) is 1. The van der Waals surface area contributed by atoms with Crippen molar-refractivity contribution in [3.8, 4) is 0 Å². The maximum absolute atomic E-state index is 9.10. The van der Waals surface area contributed by atoms with Gasteiger partial charge in [-0.3, -0.25) is 0 Å². The van der Waals surface area contributed by atoms with E-state index in [0.29, 0.717) is 5.41 Å². The molecule has 0 saturated carbocycles. The maximum Gasteiger partial charge on any atom is 0.414 e. The Balaban J connectivity index is 0.000000352. The van der Waals surface area contributed by atoms with Gasteiger partial charge in [0.2, 0.25) is 0 Å². The van der Waals surface area contributed by atoms with Crippen LogP contribution < -0.4 is 0 Å². The molecule has 26 heavy (non-hydrogen) atoms. The summed E-state index contributed by atoms with van der Waals surface area (Å²) in [6, 6.07) is 2.40. The molecule has 1 aliphatic heterocycles. The monoisotopic (exact) mass is 381 g/mol. The first kappa shape index (κ1) is 20.9. The Morgan fingerprint density at radius 2 is 2.00 bits per heavy atom. The average Bonchev–Trinajstić information content (AvgIpc) is 3.04. The molecule has 1 saturated heterocycles. The van der Waals surface area contributed by atoms with E-state index in [1.54, 1.807) is 10.4 Å². The zero-order valence-corrected chi connectivity index (χ0v) is 16.7. The van der Waals surface area contributed by atoms with E-state index in [-0.39, 0.29) is 0 Å². The molecule has 3 rings (SSSR count). The number of carbonyl (C=O) groups is 2. The minimum Gasteiger partial charge on any atom is -0.473 e. The van der Waals surface area contributed by atoms with Crippen LogP contribution in [0, 0.1) is 5.41 Å². The highest BCUT2D eigenvalue weighted by atomic mass is 32.1. The smallest absolute Gasteiger partial charge is 0.414 e. The number of rotatable bonds is 4. The number of piperidine rings is 1. The predicted octanol–water partition coefficient (Wildman–Crippen LogP) is 4.23. The van der Waals surface area contributed by atoms with Crippen molar-refractivity contribution in [1.29, 1.82) is 0 Å². The molecular weight excluding hydrogens is 350 g/mol. The molecule has 2 N–H and O–H groups in total. The topological polar surface area (TPSA) is 77.8 Å². The first-order valence-corrected chi connectivity index (χ1v) is 10.4. The Hall–Kier alpha value is -1.40. The number of carboxylic acids is 2. The third kappa shape index (κ3) is 6.40. The second-order valence-corrected chi connectivity index (χ2v) is 9.19. The molecule has 5 nitrogen and oxygen atoms in total. The van der Waals surface area contributed by atoms with Crippen LogP contribution in [-0.4, -0.2) is 46.7 Å². The van der Waals surface area contributed by atoms with Gasteiger partial charge in [0.25, 0.3) is 0 Å². The fourth-order valence-electron chi connectivity index (χ4n) is 4.18. The average molecular weight is 382 g/mol. The lowest BCUT2D eigenvalue weighted by atomic mass is 9.83. The van der Waals surface area contributed by atoms with Crippen molar-refractivity contribution in [3.63, 3.8) is 0 Å². The van der Waals surface area contributed by atoms with Crippen LogP contribution in [0.15, 0.2) is 11.4 Å². The Morgan fingerprint density at radius 3 is 2.65 bits per heavy atom. The van der Waals surface area contributed by atoms with Crippen LogP contribution >= 0.6 is 11.3 Å². The van der Waals surface area contributed by atoms with Crippen LogP contribution in [-0.2, 0) is 16.0 Å². The summed E-state index contributed by atoms with van der Waals surface area (Å²) in [5.74, 6) is -2.78. The second-order valence-electron chi connectivity index (χ2n) is 8.18. The fraction of sp³-hybridized carbons (Fsp3) is 0.700. The van der Waals surface area contributed by atoms with Gasteiger partial charge in [0.1, 0.15) is 0 Å². The molecule has 6 heteroatoms. The number of aryl methyl sites for hydroxylation is 1. The molecule has 1 atom stereocenters. The second kappa shape index (κ2) is 9.51. The van der Waals surface area contributed by atoms with E-state index in [4.69, 9.17) is 19.8 Å². The normalized spacial score (nSPS) is 22.0. The molecule has 1 aromatic heterocycles. The van der Waals surface area contributed by atoms with Gasteiger partial charge in [0.15, 0.2) is 0 Å². The zero-order chi connectivity index (χ0) is 19.2.